The highest BCUT2D eigenvalue weighted by Crippen LogP contribution is 2.18. The summed E-state index contributed by atoms with van der Waals surface area (Å²) in [5.74, 6) is 0.0690. The van der Waals surface area contributed by atoms with Crippen molar-refractivity contribution in [2.75, 3.05) is 18.8 Å². The van der Waals surface area contributed by atoms with E-state index in [1.165, 1.54) is 5.56 Å². The Morgan fingerprint density at radius 3 is 2.62 bits per heavy atom. The molecule has 0 radical (unpaired) electrons. The summed E-state index contributed by atoms with van der Waals surface area (Å²) in [6.45, 7) is 3.71. The second kappa shape index (κ2) is 6.76. The van der Waals surface area contributed by atoms with Crippen molar-refractivity contribution < 1.29 is 13.2 Å². The van der Waals surface area contributed by atoms with Gasteiger partial charge in [-0.25, -0.2) is 18.4 Å². The van der Waals surface area contributed by atoms with Crippen molar-refractivity contribution in [2.24, 2.45) is 11.1 Å². The Kier molecular flexibility index (Phi) is 5.23. The lowest BCUT2D eigenvalue weighted by molar-refractivity contribution is 0.174. The van der Waals surface area contributed by atoms with Gasteiger partial charge in [-0.3, -0.25) is 0 Å². The maximum Gasteiger partial charge on any atom is 0.317 e. The Hall–Kier alpha value is -1.12. The number of hydrogen-bond acceptors (Lipinski definition) is 4. The van der Waals surface area contributed by atoms with E-state index in [4.69, 9.17) is 5.14 Å². The molecular weight excluding hydrogens is 310 g/mol. The van der Waals surface area contributed by atoms with Gasteiger partial charge in [-0.2, -0.15) is 11.3 Å². The molecule has 1 saturated heterocycles. The molecule has 0 aliphatic carbocycles. The molecule has 0 unspecified atom stereocenters. The third kappa shape index (κ3) is 4.98. The fourth-order valence-electron chi connectivity index (χ4n) is 2.48. The fraction of sp³-hybridized carbons (Fsp3) is 0.615. The number of nitrogens with two attached hydrogens (primary N) is 1. The monoisotopic (exact) mass is 331 g/mol. The molecule has 3 N–H and O–H groups in total. The van der Waals surface area contributed by atoms with Gasteiger partial charge in [0.05, 0.1) is 5.75 Å². The normalized spacial score (nSPS) is 17.0. The van der Waals surface area contributed by atoms with E-state index >= 15 is 0 Å². The minimum Gasteiger partial charge on any atom is -0.334 e. The Morgan fingerprint density at radius 1 is 1.43 bits per heavy atom. The highest BCUT2D eigenvalue weighted by atomic mass is 32.2. The van der Waals surface area contributed by atoms with E-state index in [-0.39, 0.29) is 17.7 Å². The first kappa shape index (κ1) is 16.3. The number of sulfonamides is 1. The molecule has 0 atom stereocenters. The molecule has 1 aromatic rings. The highest BCUT2D eigenvalue weighted by molar-refractivity contribution is 7.89. The number of thiophene rings is 1. The topological polar surface area (TPSA) is 92.5 Å². The summed E-state index contributed by atoms with van der Waals surface area (Å²) in [6.07, 6.45) is 1.36. The smallest absolute Gasteiger partial charge is 0.317 e. The van der Waals surface area contributed by atoms with Gasteiger partial charge < -0.3 is 10.2 Å². The largest absolute Gasteiger partial charge is 0.334 e. The molecule has 0 aromatic carbocycles. The van der Waals surface area contributed by atoms with Gasteiger partial charge in [0, 0.05) is 19.6 Å². The molecule has 0 bridgehead atoms. The van der Waals surface area contributed by atoms with Crippen molar-refractivity contribution in [3.8, 4) is 0 Å². The van der Waals surface area contributed by atoms with E-state index in [9.17, 15) is 13.2 Å². The SMILES string of the molecule is Cc1cscc1CNC(=O)N1CCC(CS(N)(=O)=O)CC1. The summed E-state index contributed by atoms with van der Waals surface area (Å²) in [6, 6.07) is -0.0883. The van der Waals surface area contributed by atoms with Gasteiger partial charge in [-0.05, 0) is 47.6 Å². The van der Waals surface area contributed by atoms with Crippen LogP contribution in [0.15, 0.2) is 10.8 Å². The van der Waals surface area contributed by atoms with Crippen LogP contribution in [0.4, 0.5) is 4.79 Å². The lowest BCUT2D eigenvalue weighted by Gasteiger charge is -2.31. The van der Waals surface area contributed by atoms with Crippen LogP contribution in [-0.2, 0) is 16.6 Å². The molecule has 1 aromatic heterocycles. The summed E-state index contributed by atoms with van der Waals surface area (Å²) < 4.78 is 22.1. The Morgan fingerprint density at radius 2 is 2.10 bits per heavy atom. The number of nitrogens with zero attached hydrogens (tertiary/aromatic N) is 1. The number of urea groups is 1. The third-order valence-electron chi connectivity index (χ3n) is 3.76. The first-order valence-corrected chi connectivity index (χ1v) is 9.56. The number of aryl methyl sites for hydroxylation is 1. The van der Waals surface area contributed by atoms with Crippen molar-refractivity contribution in [1.29, 1.82) is 0 Å². The maximum absolute atomic E-state index is 12.1. The maximum atomic E-state index is 12.1. The van der Waals surface area contributed by atoms with Crippen LogP contribution in [0.2, 0.25) is 0 Å². The van der Waals surface area contributed by atoms with Gasteiger partial charge in [0.1, 0.15) is 0 Å². The zero-order chi connectivity index (χ0) is 15.5. The van der Waals surface area contributed by atoms with Crippen LogP contribution in [-0.4, -0.2) is 38.2 Å². The average molecular weight is 331 g/mol. The zero-order valence-corrected chi connectivity index (χ0v) is 13.7. The number of carbonyl (C=O) groups is 1. The molecule has 1 aliphatic rings. The molecule has 2 rings (SSSR count). The predicted octanol–water partition coefficient (Wildman–Crippen LogP) is 1.27. The van der Waals surface area contributed by atoms with Crippen LogP contribution in [0.25, 0.3) is 0 Å². The molecule has 8 heteroatoms. The molecule has 2 amide bonds. The molecule has 6 nitrogen and oxygen atoms in total. The van der Waals surface area contributed by atoms with Crippen LogP contribution in [0.5, 0.6) is 0 Å². The molecule has 0 spiro atoms. The number of carbonyl (C=O) groups excluding carboxylic acids is 1. The fourth-order valence-corrected chi connectivity index (χ4v) is 4.33. The molecule has 2 heterocycles. The number of rotatable bonds is 4. The van der Waals surface area contributed by atoms with Crippen LogP contribution < -0.4 is 10.5 Å². The van der Waals surface area contributed by atoms with Gasteiger partial charge in [0.25, 0.3) is 0 Å². The van der Waals surface area contributed by atoms with E-state index in [2.05, 4.69) is 10.7 Å². The molecule has 21 heavy (non-hydrogen) atoms. The average Bonchev–Trinajstić information content (AvgIpc) is 2.80. The molecule has 118 valence electrons. The number of nitrogens with one attached hydrogen (secondary N) is 1. The standard InChI is InChI=1S/C13H21N3O3S2/c1-10-7-20-8-12(10)6-15-13(17)16-4-2-11(3-5-16)9-21(14,18)19/h7-8,11H,2-6,9H2,1H3,(H,15,17)(H2,14,18,19). The minimum absolute atomic E-state index is 0.0105. The van der Waals surface area contributed by atoms with Crippen molar-refractivity contribution in [1.82, 2.24) is 10.2 Å². The molecule has 1 aliphatic heterocycles. The summed E-state index contributed by atoms with van der Waals surface area (Å²) in [7, 11) is -3.42. The number of likely N-dealkylation sites (tertiary alicyclic amines) is 1. The second-order valence-electron chi connectivity index (χ2n) is 5.50. The van der Waals surface area contributed by atoms with Gasteiger partial charge in [-0.1, -0.05) is 0 Å². The van der Waals surface area contributed by atoms with E-state index in [1.54, 1.807) is 16.2 Å². The molecular formula is C13H21N3O3S2. The number of amides is 2. The van der Waals surface area contributed by atoms with Crippen LogP contribution in [0, 0.1) is 12.8 Å². The third-order valence-corrected chi connectivity index (χ3v) is 5.61. The Bertz CT molecular complexity index is 590. The summed E-state index contributed by atoms with van der Waals surface area (Å²) in [4.78, 5) is 13.8. The van der Waals surface area contributed by atoms with E-state index in [1.807, 2.05) is 12.3 Å². The quantitative estimate of drug-likeness (QED) is 0.870. The first-order valence-electron chi connectivity index (χ1n) is 6.90. The highest BCUT2D eigenvalue weighted by Gasteiger charge is 2.25. The van der Waals surface area contributed by atoms with Gasteiger partial charge in [-0.15, -0.1) is 0 Å². The molecule has 0 saturated carbocycles. The van der Waals surface area contributed by atoms with Crippen molar-refractivity contribution in [3.05, 3.63) is 21.9 Å². The lowest BCUT2D eigenvalue weighted by atomic mass is 9.99. The van der Waals surface area contributed by atoms with E-state index < -0.39 is 10.0 Å². The number of hydrogen-bond donors (Lipinski definition) is 2. The summed E-state index contributed by atoms with van der Waals surface area (Å²) in [5.41, 5.74) is 2.32. The van der Waals surface area contributed by atoms with E-state index in [0.29, 0.717) is 32.5 Å². The number of primary sulfonamides is 1. The van der Waals surface area contributed by atoms with Crippen LogP contribution in [0.3, 0.4) is 0 Å². The van der Waals surface area contributed by atoms with Crippen molar-refractivity contribution >= 4 is 27.4 Å². The van der Waals surface area contributed by atoms with Gasteiger partial charge in [0.2, 0.25) is 10.0 Å². The van der Waals surface area contributed by atoms with Crippen LogP contribution >= 0.6 is 11.3 Å². The number of piperidine rings is 1. The Balaban J connectivity index is 1.77. The predicted molar refractivity (Wildman–Crippen MR) is 83.6 cm³/mol. The minimum atomic E-state index is -3.42. The van der Waals surface area contributed by atoms with Gasteiger partial charge >= 0.3 is 6.03 Å². The van der Waals surface area contributed by atoms with Gasteiger partial charge in [0.15, 0.2) is 0 Å². The lowest BCUT2D eigenvalue weighted by Crippen LogP contribution is -2.45. The summed E-state index contributed by atoms with van der Waals surface area (Å²) >= 11 is 1.63. The molecule has 1 fully saturated rings. The second-order valence-corrected chi connectivity index (χ2v) is 7.90. The van der Waals surface area contributed by atoms with Crippen molar-refractivity contribution in [2.45, 2.75) is 26.3 Å². The zero-order valence-electron chi connectivity index (χ0n) is 12.0. The van der Waals surface area contributed by atoms with Crippen LogP contribution in [0.1, 0.15) is 24.0 Å². The van der Waals surface area contributed by atoms with E-state index in [0.717, 1.165) is 5.56 Å². The summed E-state index contributed by atoms with van der Waals surface area (Å²) in [5, 5.41) is 12.1. The first-order chi connectivity index (χ1) is 9.85. The Labute approximate surface area is 129 Å². The van der Waals surface area contributed by atoms with Crippen molar-refractivity contribution in [3.63, 3.8) is 0 Å².